The van der Waals surface area contributed by atoms with Crippen LogP contribution in [0.5, 0.6) is 0 Å². The maximum absolute atomic E-state index is 10.9. The lowest BCUT2D eigenvalue weighted by molar-refractivity contribution is 0.522. The summed E-state index contributed by atoms with van der Waals surface area (Å²) in [4.78, 5) is 29.6. The van der Waals surface area contributed by atoms with Gasteiger partial charge in [-0.3, -0.25) is 0 Å². The van der Waals surface area contributed by atoms with Gasteiger partial charge in [0.1, 0.15) is 0 Å². The molecule has 1 aliphatic rings. The van der Waals surface area contributed by atoms with Crippen LogP contribution in [0.3, 0.4) is 0 Å². The van der Waals surface area contributed by atoms with Gasteiger partial charge in [0.2, 0.25) is 12.2 Å². The molecule has 0 fully saturated rings. The molecular formula is C17H20N2O2. The standard InChI is InChI=1S/C17H20N2O2/c1-10(2)13-15(18-8-20)11(3)12-6-7-17(4,5)14(12)16(13)19-9-21/h10H,6-7H2,1-5H3. The summed E-state index contributed by atoms with van der Waals surface area (Å²) < 4.78 is 0. The molecule has 0 atom stereocenters. The number of benzene rings is 1. The molecule has 0 saturated heterocycles. The van der Waals surface area contributed by atoms with Crippen molar-refractivity contribution in [2.45, 2.75) is 58.8 Å². The van der Waals surface area contributed by atoms with Crippen molar-refractivity contribution in [3.05, 3.63) is 22.3 Å². The molecule has 0 bridgehead atoms. The molecule has 1 aliphatic carbocycles. The van der Waals surface area contributed by atoms with Crippen LogP contribution >= 0.6 is 0 Å². The molecule has 0 unspecified atom stereocenters. The summed E-state index contributed by atoms with van der Waals surface area (Å²) in [6, 6.07) is 0. The first kappa shape index (κ1) is 15.4. The Kier molecular flexibility index (Phi) is 3.95. The molecule has 0 aliphatic heterocycles. The highest BCUT2D eigenvalue weighted by Crippen LogP contribution is 2.51. The quantitative estimate of drug-likeness (QED) is 0.614. The number of aliphatic imine (C=N–C) groups is 2. The largest absolute Gasteiger partial charge is 0.240 e. The van der Waals surface area contributed by atoms with E-state index < -0.39 is 0 Å². The first-order chi connectivity index (χ1) is 9.85. The average Bonchev–Trinajstić information content (AvgIpc) is 2.71. The van der Waals surface area contributed by atoms with E-state index >= 15 is 0 Å². The maximum Gasteiger partial charge on any atom is 0.240 e. The fourth-order valence-electron chi connectivity index (χ4n) is 3.42. The first-order valence-electron chi connectivity index (χ1n) is 7.20. The van der Waals surface area contributed by atoms with E-state index in [-0.39, 0.29) is 11.3 Å². The number of carbonyl (C=O) groups excluding carboxylic acids is 2. The molecule has 4 nitrogen and oxygen atoms in total. The van der Waals surface area contributed by atoms with Crippen molar-refractivity contribution in [2.24, 2.45) is 9.98 Å². The molecule has 4 heteroatoms. The van der Waals surface area contributed by atoms with Gasteiger partial charge in [0.15, 0.2) is 0 Å². The molecule has 110 valence electrons. The van der Waals surface area contributed by atoms with Gasteiger partial charge >= 0.3 is 0 Å². The number of hydrogen-bond acceptors (Lipinski definition) is 4. The Labute approximate surface area is 125 Å². The van der Waals surface area contributed by atoms with Crippen LogP contribution in [0.15, 0.2) is 9.98 Å². The molecule has 0 amide bonds. The van der Waals surface area contributed by atoms with Gasteiger partial charge in [-0.1, -0.05) is 27.7 Å². The zero-order chi connectivity index (χ0) is 15.8. The summed E-state index contributed by atoms with van der Waals surface area (Å²) in [5, 5.41) is 0. The highest BCUT2D eigenvalue weighted by molar-refractivity contribution is 5.77. The van der Waals surface area contributed by atoms with E-state index in [0.717, 1.165) is 35.1 Å². The lowest BCUT2D eigenvalue weighted by Crippen LogP contribution is -2.13. The minimum Gasteiger partial charge on any atom is -0.211 e. The van der Waals surface area contributed by atoms with E-state index in [4.69, 9.17) is 0 Å². The van der Waals surface area contributed by atoms with Crippen molar-refractivity contribution < 1.29 is 9.59 Å². The third-order valence-electron chi connectivity index (χ3n) is 4.43. The molecule has 0 N–H and O–H groups in total. The van der Waals surface area contributed by atoms with E-state index in [1.165, 1.54) is 0 Å². The van der Waals surface area contributed by atoms with Gasteiger partial charge in [0.05, 0.1) is 11.4 Å². The van der Waals surface area contributed by atoms with E-state index in [1.807, 2.05) is 20.8 Å². The smallest absolute Gasteiger partial charge is 0.211 e. The summed E-state index contributed by atoms with van der Waals surface area (Å²) in [5.74, 6) is 0.101. The van der Waals surface area contributed by atoms with Gasteiger partial charge in [0.25, 0.3) is 0 Å². The lowest BCUT2D eigenvalue weighted by Gasteiger charge is -2.25. The third-order valence-corrected chi connectivity index (χ3v) is 4.43. The average molecular weight is 284 g/mol. The predicted molar refractivity (Wildman–Crippen MR) is 82.2 cm³/mol. The molecule has 1 aromatic carbocycles. The van der Waals surface area contributed by atoms with Crippen LogP contribution in [0.2, 0.25) is 0 Å². The van der Waals surface area contributed by atoms with Gasteiger partial charge < -0.3 is 0 Å². The summed E-state index contributed by atoms with van der Waals surface area (Å²) in [7, 11) is 0. The zero-order valence-electron chi connectivity index (χ0n) is 13.2. The van der Waals surface area contributed by atoms with E-state index in [9.17, 15) is 9.59 Å². The number of isocyanates is 2. The van der Waals surface area contributed by atoms with Crippen LogP contribution in [0.4, 0.5) is 11.4 Å². The normalized spacial score (nSPS) is 15.3. The second-order valence-corrected chi connectivity index (χ2v) is 6.53. The molecule has 0 spiro atoms. The number of nitrogens with zero attached hydrogens (tertiary/aromatic N) is 2. The molecule has 2 rings (SSSR count). The minimum atomic E-state index is -0.0388. The summed E-state index contributed by atoms with van der Waals surface area (Å²) in [6.07, 6.45) is 5.21. The number of rotatable bonds is 3. The fourth-order valence-corrected chi connectivity index (χ4v) is 3.42. The molecule has 0 heterocycles. The van der Waals surface area contributed by atoms with Crippen molar-refractivity contribution in [1.82, 2.24) is 0 Å². The second kappa shape index (κ2) is 5.40. The van der Waals surface area contributed by atoms with Crippen molar-refractivity contribution in [3.8, 4) is 0 Å². The first-order valence-corrected chi connectivity index (χ1v) is 7.20. The number of fused-ring (bicyclic) bond motifs is 1. The van der Waals surface area contributed by atoms with Crippen molar-refractivity contribution >= 4 is 23.5 Å². The maximum atomic E-state index is 10.9. The van der Waals surface area contributed by atoms with E-state index in [0.29, 0.717) is 11.4 Å². The zero-order valence-corrected chi connectivity index (χ0v) is 13.2. The minimum absolute atomic E-state index is 0.0388. The predicted octanol–water partition coefficient (Wildman–Crippen LogP) is 4.28. The monoisotopic (exact) mass is 284 g/mol. The Hall–Kier alpha value is -2.02. The Balaban J connectivity index is 3.01. The fraction of sp³-hybridized carbons (Fsp3) is 0.529. The Morgan fingerprint density at radius 2 is 1.67 bits per heavy atom. The topological polar surface area (TPSA) is 58.9 Å². The van der Waals surface area contributed by atoms with Gasteiger partial charge in [-0.05, 0) is 47.8 Å². The van der Waals surface area contributed by atoms with Gasteiger partial charge in [-0.2, -0.15) is 9.98 Å². The molecule has 21 heavy (non-hydrogen) atoms. The molecule has 0 radical (unpaired) electrons. The second-order valence-electron chi connectivity index (χ2n) is 6.53. The van der Waals surface area contributed by atoms with Gasteiger partial charge in [-0.25, -0.2) is 9.59 Å². The molecule has 0 aromatic heterocycles. The van der Waals surface area contributed by atoms with Crippen LogP contribution in [-0.2, 0) is 21.4 Å². The Bertz CT molecular complexity index is 689. The Morgan fingerprint density at radius 1 is 1.10 bits per heavy atom. The van der Waals surface area contributed by atoms with E-state index in [1.54, 1.807) is 12.2 Å². The molecular weight excluding hydrogens is 264 g/mol. The summed E-state index contributed by atoms with van der Waals surface area (Å²) in [5.41, 5.74) is 5.34. The Morgan fingerprint density at radius 3 is 2.19 bits per heavy atom. The summed E-state index contributed by atoms with van der Waals surface area (Å²) >= 11 is 0. The molecule has 0 saturated carbocycles. The number of hydrogen-bond donors (Lipinski definition) is 0. The SMILES string of the molecule is Cc1c2c(c(N=C=O)c(C(C)C)c1N=C=O)C(C)(C)CC2. The van der Waals surface area contributed by atoms with Crippen LogP contribution in [0.1, 0.15) is 62.3 Å². The lowest BCUT2D eigenvalue weighted by atomic mass is 9.81. The highest BCUT2D eigenvalue weighted by atomic mass is 16.1. The summed E-state index contributed by atoms with van der Waals surface area (Å²) in [6.45, 7) is 10.3. The van der Waals surface area contributed by atoms with E-state index in [2.05, 4.69) is 23.8 Å². The van der Waals surface area contributed by atoms with Crippen LogP contribution in [-0.4, -0.2) is 12.2 Å². The van der Waals surface area contributed by atoms with Gasteiger partial charge in [0, 0.05) is 5.56 Å². The van der Waals surface area contributed by atoms with Crippen LogP contribution in [0.25, 0.3) is 0 Å². The van der Waals surface area contributed by atoms with Crippen LogP contribution < -0.4 is 0 Å². The third kappa shape index (κ3) is 2.37. The van der Waals surface area contributed by atoms with Crippen molar-refractivity contribution in [3.63, 3.8) is 0 Å². The van der Waals surface area contributed by atoms with Crippen molar-refractivity contribution in [1.29, 1.82) is 0 Å². The van der Waals surface area contributed by atoms with Crippen molar-refractivity contribution in [2.75, 3.05) is 0 Å². The molecule has 1 aromatic rings. The highest BCUT2D eigenvalue weighted by Gasteiger charge is 2.37. The van der Waals surface area contributed by atoms with Gasteiger partial charge in [-0.15, -0.1) is 0 Å². The van der Waals surface area contributed by atoms with Crippen LogP contribution in [0, 0.1) is 6.92 Å².